The second-order valence-corrected chi connectivity index (χ2v) is 5.89. The molecular weight excluding hydrogens is 318 g/mol. The van der Waals surface area contributed by atoms with Gasteiger partial charge in [0.1, 0.15) is 5.75 Å². The van der Waals surface area contributed by atoms with Crippen LogP contribution in [0.5, 0.6) is 5.75 Å². The van der Waals surface area contributed by atoms with Crippen LogP contribution in [-0.4, -0.2) is 32.1 Å². The Labute approximate surface area is 146 Å². The number of carbonyl (C=O) groups excluding carboxylic acids is 2. The third-order valence-corrected chi connectivity index (χ3v) is 4.12. The number of amides is 3. The predicted molar refractivity (Wildman–Crippen MR) is 97.1 cm³/mol. The van der Waals surface area contributed by atoms with Gasteiger partial charge in [0.05, 0.1) is 13.7 Å². The molecule has 0 saturated heterocycles. The highest BCUT2D eigenvalue weighted by Gasteiger charge is 2.20. The molecule has 2 aromatic carbocycles. The van der Waals surface area contributed by atoms with Crippen molar-refractivity contribution in [2.24, 2.45) is 0 Å². The average Bonchev–Trinajstić information content (AvgIpc) is 2.62. The van der Waals surface area contributed by atoms with Gasteiger partial charge in [0, 0.05) is 17.9 Å². The number of urea groups is 1. The fraction of sp³-hybridized carbons (Fsp3) is 0.263. The summed E-state index contributed by atoms with van der Waals surface area (Å²) in [7, 11) is 1.64. The van der Waals surface area contributed by atoms with Crippen LogP contribution < -0.4 is 20.3 Å². The predicted octanol–water partition coefficient (Wildman–Crippen LogP) is 2.80. The van der Waals surface area contributed by atoms with E-state index in [2.05, 4.69) is 10.6 Å². The summed E-state index contributed by atoms with van der Waals surface area (Å²) in [6, 6.07) is 14.3. The molecule has 0 bridgehead atoms. The minimum absolute atomic E-state index is 0.140. The molecule has 3 rings (SSSR count). The van der Waals surface area contributed by atoms with Gasteiger partial charge in [-0.25, -0.2) is 4.79 Å². The van der Waals surface area contributed by atoms with Crippen molar-refractivity contribution >= 4 is 23.3 Å². The van der Waals surface area contributed by atoms with E-state index in [9.17, 15) is 9.59 Å². The van der Waals surface area contributed by atoms with E-state index < -0.39 is 6.03 Å². The van der Waals surface area contributed by atoms with Gasteiger partial charge in [0.15, 0.2) is 0 Å². The van der Waals surface area contributed by atoms with Gasteiger partial charge in [0.2, 0.25) is 5.91 Å². The van der Waals surface area contributed by atoms with Crippen LogP contribution in [0.2, 0.25) is 0 Å². The van der Waals surface area contributed by atoms with E-state index in [0.29, 0.717) is 5.69 Å². The zero-order chi connectivity index (χ0) is 17.6. The number of nitrogens with zero attached hydrogens (tertiary/aromatic N) is 1. The number of carbonyl (C=O) groups is 2. The number of imide groups is 1. The molecule has 2 N–H and O–H groups in total. The number of hydrogen-bond acceptors (Lipinski definition) is 4. The molecule has 0 atom stereocenters. The van der Waals surface area contributed by atoms with E-state index in [1.165, 1.54) is 0 Å². The number of benzene rings is 2. The molecular formula is C19H21N3O3. The molecule has 6 heteroatoms. The molecule has 1 aliphatic rings. The minimum Gasteiger partial charge on any atom is -0.497 e. The van der Waals surface area contributed by atoms with Gasteiger partial charge < -0.3 is 15.0 Å². The summed E-state index contributed by atoms with van der Waals surface area (Å²) >= 11 is 0. The van der Waals surface area contributed by atoms with Gasteiger partial charge >= 0.3 is 6.03 Å². The standard InChI is InChI=1S/C19H21N3O3/c1-25-16-9-10-17-14(12-16)6-5-11-22(17)13-18(23)21-19(24)20-15-7-3-2-4-8-15/h2-4,7-10,12H,5-6,11,13H2,1H3,(H2,20,21,23,24). The normalized spacial score (nSPS) is 12.9. The quantitative estimate of drug-likeness (QED) is 0.899. The summed E-state index contributed by atoms with van der Waals surface area (Å²) < 4.78 is 5.26. The number of rotatable bonds is 4. The van der Waals surface area contributed by atoms with Crippen LogP contribution in [0.15, 0.2) is 48.5 Å². The lowest BCUT2D eigenvalue weighted by molar-refractivity contribution is -0.118. The van der Waals surface area contributed by atoms with Crippen LogP contribution in [0.25, 0.3) is 0 Å². The molecule has 0 aliphatic carbocycles. The van der Waals surface area contributed by atoms with E-state index in [1.807, 2.05) is 41.3 Å². The zero-order valence-electron chi connectivity index (χ0n) is 14.1. The van der Waals surface area contributed by atoms with Crippen molar-refractivity contribution in [1.82, 2.24) is 5.32 Å². The Balaban J connectivity index is 1.59. The highest BCUT2D eigenvalue weighted by atomic mass is 16.5. The molecule has 130 valence electrons. The topological polar surface area (TPSA) is 70.7 Å². The van der Waals surface area contributed by atoms with E-state index in [0.717, 1.165) is 36.4 Å². The zero-order valence-corrected chi connectivity index (χ0v) is 14.1. The Morgan fingerprint density at radius 2 is 1.96 bits per heavy atom. The number of anilines is 2. The largest absolute Gasteiger partial charge is 0.497 e. The van der Waals surface area contributed by atoms with Crippen LogP contribution in [0.4, 0.5) is 16.2 Å². The summed E-state index contributed by atoms with van der Waals surface area (Å²) in [4.78, 5) is 26.1. The van der Waals surface area contributed by atoms with Gasteiger partial charge in [-0.1, -0.05) is 18.2 Å². The van der Waals surface area contributed by atoms with Crippen molar-refractivity contribution < 1.29 is 14.3 Å². The molecule has 3 amide bonds. The summed E-state index contributed by atoms with van der Waals surface area (Å²) in [5, 5.41) is 5.01. The fourth-order valence-electron chi connectivity index (χ4n) is 2.97. The van der Waals surface area contributed by atoms with Crippen molar-refractivity contribution in [3.63, 3.8) is 0 Å². The fourth-order valence-corrected chi connectivity index (χ4v) is 2.97. The number of fused-ring (bicyclic) bond motifs is 1. The van der Waals surface area contributed by atoms with Crippen LogP contribution in [0.3, 0.4) is 0 Å². The first-order chi connectivity index (χ1) is 12.2. The Hall–Kier alpha value is -3.02. The van der Waals surface area contributed by atoms with Gasteiger partial charge in [-0.2, -0.15) is 0 Å². The van der Waals surface area contributed by atoms with E-state index in [-0.39, 0.29) is 12.5 Å². The van der Waals surface area contributed by atoms with Crippen molar-refractivity contribution in [3.8, 4) is 5.75 Å². The lowest BCUT2D eigenvalue weighted by Gasteiger charge is -2.30. The van der Waals surface area contributed by atoms with Gasteiger partial charge in [0.25, 0.3) is 0 Å². The van der Waals surface area contributed by atoms with Gasteiger partial charge in [-0.3, -0.25) is 10.1 Å². The molecule has 2 aromatic rings. The highest BCUT2D eigenvalue weighted by Crippen LogP contribution is 2.30. The van der Waals surface area contributed by atoms with Crippen molar-refractivity contribution in [2.45, 2.75) is 12.8 Å². The monoisotopic (exact) mass is 339 g/mol. The van der Waals surface area contributed by atoms with Crippen LogP contribution in [0, 0.1) is 0 Å². The van der Waals surface area contributed by atoms with Crippen LogP contribution in [-0.2, 0) is 11.2 Å². The summed E-state index contributed by atoms with van der Waals surface area (Å²) in [6.07, 6.45) is 1.92. The van der Waals surface area contributed by atoms with Crippen molar-refractivity contribution in [1.29, 1.82) is 0 Å². The molecule has 0 fully saturated rings. The maximum absolute atomic E-state index is 12.2. The number of aryl methyl sites for hydroxylation is 1. The third kappa shape index (κ3) is 4.29. The van der Waals surface area contributed by atoms with Crippen molar-refractivity contribution in [2.75, 3.05) is 30.4 Å². The molecule has 0 spiro atoms. The van der Waals surface area contributed by atoms with E-state index in [1.54, 1.807) is 19.2 Å². The maximum Gasteiger partial charge on any atom is 0.325 e. The molecule has 25 heavy (non-hydrogen) atoms. The molecule has 0 unspecified atom stereocenters. The maximum atomic E-state index is 12.2. The van der Waals surface area contributed by atoms with E-state index >= 15 is 0 Å². The van der Waals surface area contributed by atoms with Gasteiger partial charge in [-0.15, -0.1) is 0 Å². The lowest BCUT2D eigenvalue weighted by Crippen LogP contribution is -2.43. The number of nitrogens with one attached hydrogen (secondary N) is 2. The molecule has 1 heterocycles. The Bertz CT molecular complexity index is 762. The Morgan fingerprint density at radius 3 is 2.72 bits per heavy atom. The number of hydrogen-bond donors (Lipinski definition) is 2. The highest BCUT2D eigenvalue weighted by molar-refractivity contribution is 6.02. The lowest BCUT2D eigenvalue weighted by atomic mass is 10.0. The molecule has 0 saturated carbocycles. The number of methoxy groups -OCH3 is 1. The molecule has 1 aliphatic heterocycles. The number of ether oxygens (including phenoxy) is 1. The number of para-hydroxylation sites is 1. The van der Waals surface area contributed by atoms with Crippen LogP contribution >= 0.6 is 0 Å². The minimum atomic E-state index is -0.525. The first-order valence-corrected chi connectivity index (χ1v) is 8.23. The first kappa shape index (κ1) is 16.8. The third-order valence-electron chi connectivity index (χ3n) is 4.12. The second kappa shape index (κ2) is 7.70. The summed E-state index contributed by atoms with van der Waals surface area (Å²) in [5.74, 6) is 0.476. The summed E-state index contributed by atoms with van der Waals surface area (Å²) in [5.41, 5.74) is 2.82. The first-order valence-electron chi connectivity index (χ1n) is 8.23. The Kier molecular flexibility index (Phi) is 5.18. The van der Waals surface area contributed by atoms with Crippen LogP contribution in [0.1, 0.15) is 12.0 Å². The van der Waals surface area contributed by atoms with E-state index in [4.69, 9.17) is 4.74 Å². The smallest absolute Gasteiger partial charge is 0.325 e. The SMILES string of the molecule is COc1ccc2c(c1)CCCN2CC(=O)NC(=O)Nc1ccccc1. The molecule has 0 radical (unpaired) electrons. The van der Waals surface area contributed by atoms with Crippen molar-refractivity contribution in [3.05, 3.63) is 54.1 Å². The summed E-state index contributed by atoms with van der Waals surface area (Å²) in [6.45, 7) is 0.925. The molecule has 6 nitrogen and oxygen atoms in total. The average molecular weight is 339 g/mol. The second-order valence-electron chi connectivity index (χ2n) is 5.89. The van der Waals surface area contributed by atoms with Gasteiger partial charge in [-0.05, 0) is 48.7 Å². The Morgan fingerprint density at radius 1 is 1.16 bits per heavy atom. The molecule has 0 aromatic heterocycles.